The molecular weight excluding hydrogens is 248 g/mol. The first-order valence-electron chi connectivity index (χ1n) is 6.43. The molecule has 1 rings (SSSR count). The molecule has 0 saturated heterocycles. The van der Waals surface area contributed by atoms with Gasteiger partial charge in [0.15, 0.2) is 0 Å². The van der Waals surface area contributed by atoms with E-state index in [1.54, 1.807) is 11.3 Å². The number of aryl methyl sites for hydroxylation is 1. The highest BCUT2D eigenvalue weighted by Crippen LogP contribution is 2.20. The van der Waals surface area contributed by atoms with E-state index < -0.39 is 0 Å². The topological polar surface area (TPSA) is 51.2 Å². The monoisotopic (exact) mass is 270 g/mol. The Balaban J connectivity index is 2.40. The van der Waals surface area contributed by atoms with E-state index in [9.17, 15) is 4.79 Å². The van der Waals surface area contributed by atoms with Crippen LogP contribution in [0.5, 0.6) is 0 Å². The number of hydrogen-bond donors (Lipinski definition) is 1. The number of nitrogens with zero attached hydrogens (tertiary/aromatic N) is 1. The molecule has 0 aliphatic rings. The van der Waals surface area contributed by atoms with Crippen LogP contribution in [0, 0.1) is 5.92 Å². The van der Waals surface area contributed by atoms with Crippen LogP contribution >= 0.6 is 11.3 Å². The van der Waals surface area contributed by atoms with Gasteiger partial charge in [-0.2, -0.15) is 0 Å². The van der Waals surface area contributed by atoms with Crippen molar-refractivity contribution in [3.63, 3.8) is 0 Å². The van der Waals surface area contributed by atoms with Crippen LogP contribution < -0.4 is 5.32 Å². The highest BCUT2D eigenvalue weighted by Gasteiger charge is 2.16. The molecule has 0 bridgehead atoms. The Morgan fingerprint density at radius 2 is 2.22 bits per heavy atom. The van der Waals surface area contributed by atoms with Gasteiger partial charge < -0.3 is 10.1 Å². The molecule has 0 spiro atoms. The van der Waals surface area contributed by atoms with E-state index >= 15 is 0 Å². The van der Waals surface area contributed by atoms with Gasteiger partial charge in [-0.15, -0.1) is 11.3 Å². The van der Waals surface area contributed by atoms with Gasteiger partial charge in [0.2, 0.25) is 0 Å². The lowest BCUT2D eigenvalue weighted by Crippen LogP contribution is -2.29. The third-order valence-corrected chi connectivity index (χ3v) is 4.03. The number of rotatable bonds is 7. The Hall–Kier alpha value is -0.940. The largest absolute Gasteiger partial charge is 0.466 e. The SMILES string of the molecule is CCOC(=O)C(C)CNC(C)c1ncc(CC)s1. The number of carbonyl (C=O) groups is 1. The van der Waals surface area contributed by atoms with Crippen molar-refractivity contribution in [3.8, 4) is 0 Å². The Morgan fingerprint density at radius 3 is 2.78 bits per heavy atom. The van der Waals surface area contributed by atoms with Crippen LogP contribution in [0.2, 0.25) is 0 Å². The molecule has 0 aliphatic carbocycles. The first-order chi connectivity index (χ1) is 8.58. The first kappa shape index (κ1) is 15.1. The van der Waals surface area contributed by atoms with Crippen LogP contribution in [0.3, 0.4) is 0 Å². The van der Waals surface area contributed by atoms with Crippen LogP contribution in [0.15, 0.2) is 6.20 Å². The average molecular weight is 270 g/mol. The molecule has 1 heterocycles. The maximum Gasteiger partial charge on any atom is 0.309 e. The molecule has 1 N–H and O–H groups in total. The van der Waals surface area contributed by atoms with E-state index in [0.29, 0.717) is 13.2 Å². The van der Waals surface area contributed by atoms with Gasteiger partial charge in [-0.25, -0.2) is 4.98 Å². The summed E-state index contributed by atoms with van der Waals surface area (Å²) in [6.45, 7) is 8.93. The van der Waals surface area contributed by atoms with E-state index in [2.05, 4.69) is 24.1 Å². The van der Waals surface area contributed by atoms with Crippen molar-refractivity contribution in [2.75, 3.05) is 13.2 Å². The van der Waals surface area contributed by atoms with Gasteiger partial charge in [0.05, 0.1) is 18.6 Å². The summed E-state index contributed by atoms with van der Waals surface area (Å²) >= 11 is 1.72. The fourth-order valence-corrected chi connectivity index (χ4v) is 2.38. The Morgan fingerprint density at radius 1 is 1.50 bits per heavy atom. The molecule has 2 atom stereocenters. The molecule has 0 amide bonds. The van der Waals surface area contributed by atoms with E-state index in [1.165, 1.54) is 4.88 Å². The summed E-state index contributed by atoms with van der Waals surface area (Å²) in [5.41, 5.74) is 0. The standard InChI is InChI=1S/C13H22N2O2S/c1-5-11-8-15-12(18-11)10(4)14-7-9(3)13(16)17-6-2/h8-10,14H,5-7H2,1-4H3. The van der Waals surface area contributed by atoms with E-state index in [0.717, 1.165) is 11.4 Å². The normalized spacial score (nSPS) is 14.2. The van der Waals surface area contributed by atoms with Crippen molar-refractivity contribution in [2.45, 2.75) is 40.2 Å². The summed E-state index contributed by atoms with van der Waals surface area (Å²) in [6, 6.07) is 0.173. The number of hydrogen-bond acceptors (Lipinski definition) is 5. The summed E-state index contributed by atoms with van der Waals surface area (Å²) < 4.78 is 4.97. The third kappa shape index (κ3) is 4.38. The van der Waals surface area contributed by atoms with Gasteiger partial charge >= 0.3 is 5.97 Å². The fourth-order valence-electron chi connectivity index (χ4n) is 1.49. The molecular formula is C13H22N2O2S. The lowest BCUT2D eigenvalue weighted by atomic mass is 10.2. The predicted molar refractivity (Wildman–Crippen MR) is 73.7 cm³/mol. The minimum atomic E-state index is -0.148. The molecule has 0 radical (unpaired) electrons. The molecule has 0 aliphatic heterocycles. The number of carbonyl (C=O) groups excluding carboxylic acids is 1. The predicted octanol–water partition coefficient (Wildman–Crippen LogP) is 2.56. The third-order valence-electron chi connectivity index (χ3n) is 2.71. The molecule has 102 valence electrons. The summed E-state index contributed by atoms with van der Waals surface area (Å²) in [5, 5.41) is 4.39. The second kappa shape index (κ2) is 7.48. The molecule has 1 aromatic rings. The number of thiazole rings is 1. The Kier molecular flexibility index (Phi) is 6.29. The van der Waals surface area contributed by atoms with Crippen molar-refractivity contribution in [2.24, 2.45) is 5.92 Å². The van der Waals surface area contributed by atoms with Gasteiger partial charge in [0.25, 0.3) is 0 Å². The average Bonchev–Trinajstić information content (AvgIpc) is 2.84. The second-order valence-corrected chi connectivity index (χ2v) is 5.45. The van der Waals surface area contributed by atoms with Crippen molar-refractivity contribution < 1.29 is 9.53 Å². The molecule has 0 saturated carbocycles. The Bertz CT molecular complexity index is 379. The quantitative estimate of drug-likeness (QED) is 0.774. The van der Waals surface area contributed by atoms with E-state index in [1.807, 2.05) is 20.0 Å². The zero-order valence-electron chi connectivity index (χ0n) is 11.5. The van der Waals surface area contributed by atoms with Gasteiger partial charge in [0.1, 0.15) is 5.01 Å². The molecule has 0 aromatic carbocycles. The minimum absolute atomic E-state index is 0.127. The van der Waals surface area contributed by atoms with Gasteiger partial charge in [-0.1, -0.05) is 13.8 Å². The van der Waals surface area contributed by atoms with Gasteiger partial charge in [-0.3, -0.25) is 4.79 Å². The first-order valence-corrected chi connectivity index (χ1v) is 7.24. The van der Waals surface area contributed by atoms with Crippen LogP contribution in [-0.2, 0) is 16.0 Å². The summed E-state index contributed by atoms with van der Waals surface area (Å²) in [7, 11) is 0. The van der Waals surface area contributed by atoms with Crippen molar-refractivity contribution in [1.82, 2.24) is 10.3 Å². The molecule has 2 unspecified atom stereocenters. The Labute approximate surface area is 113 Å². The van der Waals surface area contributed by atoms with Crippen molar-refractivity contribution >= 4 is 17.3 Å². The maximum absolute atomic E-state index is 11.5. The summed E-state index contributed by atoms with van der Waals surface area (Å²) in [6.07, 6.45) is 2.94. The smallest absolute Gasteiger partial charge is 0.309 e. The van der Waals surface area contributed by atoms with Crippen LogP contribution in [-0.4, -0.2) is 24.1 Å². The zero-order chi connectivity index (χ0) is 13.5. The highest BCUT2D eigenvalue weighted by molar-refractivity contribution is 7.11. The van der Waals surface area contributed by atoms with Crippen molar-refractivity contribution in [3.05, 3.63) is 16.1 Å². The van der Waals surface area contributed by atoms with E-state index in [-0.39, 0.29) is 17.9 Å². The second-order valence-electron chi connectivity index (χ2n) is 4.30. The number of aromatic nitrogens is 1. The van der Waals surface area contributed by atoms with Crippen LogP contribution in [0.4, 0.5) is 0 Å². The van der Waals surface area contributed by atoms with Crippen LogP contribution in [0.1, 0.15) is 43.6 Å². The number of esters is 1. The lowest BCUT2D eigenvalue weighted by molar-refractivity contribution is -0.147. The van der Waals surface area contributed by atoms with Crippen LogP contribution in [0.25, 0.3) is 0 Å². The minimum Gasteiger partial charge on any atom is -0.466 e. The lowest BCUT2D eigenvalue weighted by Gasteiger charge is -2.15. The molecule has 18 heavy (non-hydrogen) atoms. The fraction of sp³-hybridized carbons (Fsp3) is 0.692. The molecule has 0 fully saturated rings. The van der Waals surface area contributed by atoms with Gasteiger partial charge in [0, 0.05) is 17.6 Å². The number of ether oxygens (including phenoxy) is 1. The van der Waals surface area contributed by atoms with Crippen molar-refractivity contribution in [1.29, 1.82) is 0 Å². The number of nitrogens with one attached hydrogen (secondary N) is 1. The molecule has 5 heteroatoms. The van der Waals surface area contributed by atoms with Gasteiger partial charge in [-0.05, 0) is 20.3 Å². The van der Waals surface area contributed by atoms with E-state index in [4.69, 9.17) is 4.74 Å². The molecule has 1 aromatic heterocycles. The highest BCUT2D eigenvalue weighted by atomic mass is 32.1. The summed E-state index contributed by atoms with van der Waals surface area (Å²) in [5.74, 6) is -0.274. The maximum atomic E-state index is 11.5. The molecule has 4 nitrogen and oxygen atoms in total. The zero-order valence-corrected chi connectivity index (χ0v) is 12.3. The summed E-state index contributed by atoms with van der Waals surface area (Å²) in [4.78, 5) is 17.1.